The Labute approximate surface area is 118 Å². The van der Waals surface area contributed by atoms with Crippen molar-refractivity contribution in [2.24, 2.45) is 7.05 Å². The Morgan fingerprint density at radius 1 is 1.58 bits per heavy atom. The fourth-order valence-corrected chi connectivity index (χ4v) is 2.70. The molecule has 102 valence electrons. The zero-order valence-electron chi connectivity index (χ0n) is 10.5. The van der Waals surface area contributed by atoms with Crippen LogP contribution in [0.5, 0.6) is 0 Å². The quantitative estimate of drug-likeness (QED) is 0.799. The zero-order valence-corrected chi connectivity index (χ0v) is 12.1. The predicted molar refractivity (Wildman–Crippen MR) is 73.6 cm³/mol. The Morgan fingerprint density at radius 2 is 2.37 bits per heavy atom. The topological polar surface area (TPSA) is 84.1 Å². The highest BCUT2D eigenvalue weighted by Gasteiger charge is 2.14. The highest BCUT2D eigenvalue weighted by Crippen LogP contribution is 2.20. The lowest BCUT2D eigenvalue weighted by molar-refractivity contribution is -0.133. The molecule has 1 N–H and O–H groups in total. The molecule has 0 aliphatic heterocycles. The van der Waals surface area contributed by atoms with Crippen molar-refractivity contribution < 1.29 is 9.90 Å². The van der Waals surface area contributed by atoms with E-state index in [2.05, 4.69) is 15.2 Å². The summed E-state index contributed by atoms with van der Waals surface area (Å²) in [7, 11) is 3.71. The van der Waals surface area contributed by atoms with Crippen molar-refractivity contribution in [2.75, 3.05) is 17.7 Å². The summed E-state index contributed by atoms with van der Waals surface area (Å²) in [5.41, 5.74) is 2.75. The second-order valence-corrected chi connectivity index (χ2v) is 5.52. The molecule has 0 atom stereocenters. The summed E-state index contributed by atoms with van der Waals surface area (Å²) in [4.78, 5) is 16.7. The van der Waals surface area contributed by atoms with Gasteiger partial charge in [-0.05, 0) is 0 Å². The molecular weight excluding hydrogens is 286 g/mol. The zero-order chi connectivity index (χ0) is 13.8. The fourth-order valence-electron chi connectivity index (χ4n) is 1.52. The van der Waals surface area contributed by atoms with Crippen molar-refractivity contribution in [3.8, 4) is 0 Å². The molecule has 0 aliphatic rings. The van der Waals surface area contributed by atoms with Gasteiger partial charge in [0.05, 0.1) is 23.5 Å². The monoisotopic (exact) mass is 299 g/mol. The average molecular weight is 299 g/mol. The first-order valence-corrected chi connectivity index (χ1v) is 7.33. The van der Waals surface area contributed by atoms with E-state index < -0.39 is 5.97 Å². The summed E-state index contributed by atoms with van der Waals surface area (Å²) in [5.74, 6) is -0.215. The summed E-state index contributed by atoms with van der Waals surface area (Å²) in [5, 5.41) is 19.3. The molecule has 0 fully saturated rings. The molecule has 0 bridgehead atoms. The van der Waals surface area contributed by atoms with E-state index in [1.54, 1.807) is 21.4 Å². The molecule has 19 heavy (non-hydrogen) atoms. The van der Waals surface area contributed by atoms with Crippen molar-refractivity contribution >= 4 is 35.0 Å². The molecule has 0 aliphatic carbocycles. The van der Waals surface area contributed by atoms with Crippen molar-refractivity contribution in [2.45, 2.75) is 11.7 Å². The minimum absolute atomic E-state index is 0.0260. The molecule has 7 nitrogen and oxygen atoms in total. The number of carboxylic acid groups (broad SMARTS) is 1. The van der Waals surface area contributed by atoms with Gasteiger partial charge in [-0.15, -0.1) is 21.5 Å². The van der Waals surface area contributed by atoms with E-state index in [4.69, 9.17) is 5.11 Å². The molecule has 0 unspecified atom stereocenters. The van der Waals surface area contributed by atoms with Crippen LogP contribution in [-0.4, -0.2) is 43.6 Å². The lowest BCUT2D eigenvalue weighted by Crippen LogP contribution is -2.20. The third kappa shape index (κ3) is 3.44. The lowest BCUT2D eigenvalue weighted by atomic mass is 10.4. The maximum absolute atomic E-state index is 10.5. The van der Waals surface area contributed by atoms with Gasteiger partial charge in [-0.2, -0.15) is 0 Å². The van der Waals surface area contributed by atoms with Gasteiger partial charge < -0.3 is 10.0 Å². The fraction of sp³-hybridized carbons (Fsp3) is 0.400. The van der Waals surface area contributed by atoms with Crippen LogP contribution in [0.4, 0.5) is 5.95 Å². The largest absolute Gasteiger partial charge is 0.481 e. The van der Waals surface area contributed by atoms with Gasteiger partial charge in [0.2, 0.25) is 5.95 Å². The average Bonchev–Trinajstić information content (AvgIpc) is 2.96. The molecule has 0 radical (unpaired) electrons. The van der Waals surface area contributed by atoms with Crippen molar-refractivity contribution in [3.63, 3.8) is 0 Å². The number of aliphatic carboxylic acids is 1. The van der Waals surface area contributed by atoms with E-state index >= 15 is 0 Å². The van der Waals surface area contributed by atoms with E-state index in [-0.39, 0.29) is 5.75 Å². The van der Waals surface area contributed by atoms with E-state index in [0.29, 0.717) is 17.6 Å². The van der Waals surface area contributed by atoms with Crippen LogP contribution in [0.15, 0.2) is 16.0 Å². The summed E-state index contributed by atoms with van der Waals surface area (Å²) < 4.78 is 1.78. The second-order valence-electron chi connectivity index (χ2n) is 3.86. The van der Waals surface area contributed by atoms with E-state index in [0.717, 1.165) is 17.5 Å². The number of rotatable bonds is 6. The van der Waals surface area contributed by atoms with Crippen LogP contribution < -0.4 is 4.90 Å². The maximum Gasteiger partial charge on any atom is 0.313 e. The van der Waals surface area contributed by atoms with Crippen LogP contribution in [0.25, 0.3) is 0 Å². The van der Waals surface area contributed by atoms with Crippen molar-refractivity contribution in [3.05, 3.63) is 16.6 Å². The van der Waals surface area contributed by atoms with Gasteiger partial charge in [0.15, 0.2) is 5.16 Å². The minimum atomic E-state index is -0.870. The summed E-state index contributed by atoms with van der Waals surface area (Å²) >= 11 is 2.70. The number of anilines is 1. The first-order valence-electron chi connectivity index (χ1n) is 5.40. The van der Waals surface area contributed by atoms with Crippen LogP contribution in [0.2, 0.25) is 0 Å². The number of carbonyl (C=O) groups is 1. The molecule has 0 spiro atoms. The Bertz CT molecular complexity index is 554. The van der Waals surface area contributed by atoms with Crippen molar-refractivity contribution in [1.82, 2.24) is 19.7 Å². The van der Waals surface area contributed by atoms with Gasteiger partial charge in [0, 0.05) is 19.5 Å². The summed E-state index contributed by atoms with van der Waals surface area (Å²) in [6.45, 7) is 0.638. The Kier molecular flexibility index (Phi) is 4.38. The van der Waals surface area contributed by atoms with Crippen LogP contribution in [0, 0.1) is 0 Å². The maximum atomic E-state index is 10.5. The number of hydrogen-bond donors (Lipinski definition) is 1. The minimum Gasteiger partial charge on any atom is -0.481 e. The lowest BCUT2D eigenvalue weighted by Gasteiger charge is -2.16. The SMILES string of the molecule is CN(Cc1cscn1)c1nnc(SCC(=O)O)n1C. The number of thiazole rings is 1. The van der Waals surface area contributed by atoms with Crippen LogP contribution in [0.1, 0.15) is 5.69 Å². The molecule has 2 heterocycles. The predicted octanol–water partition coefficient (Wildman–Crippen LogP) is 1.08. The second kappa shape index (κ2) is 6.02. The first-order chi connectivity index (χ1) is 9.08. The molecular formula is C10H13N5O2S2. The third-order valence-electron chi connectivity index (χ3n) is 2.36. The molecule has 0 amide bonds. The van der Waals surface area contributed by atoms with Crippen LogP contribution in [0.3, 0.4) is 0 Å². The molecule has 9 heteroatoms. The Hall–Kier alpha value is -1.61. The van der Waals surface area contributed by atoms with E-state index in [1.807, 2.05) is 24.4 Å². The van der Waals surface area contributed by atoms with Crippen molar-refractivity contribution in [1.29, 1.82) is 0 Å². The summed E-state index contributed by atoms with van der Waals surface area (Å²) in [6, 6.07) is 0. The summed E-state index contributed by atoms with van der Waals surface area (Å²) in [6.07, 6.45) is 0. The number of aromatic nitrogens is 4. The van der Waals surface area contributed by atoms with Crippen LogP contribution in [-0.2, 0) is 18.4 Å². The van der Waals surface area contributed by atoms with Gasteiger partial charge in [-0.25, -0.2) is 4.98 Å². The number of nitrogens with zero attached hydrogens (tertiary/aromatic N) is 5. The normalized spacial score (nSPS) is 10.6. The van der Waals surface area contributed by atoms with Gasteiger partial charge in [-0.3, -0.25) is 9.36 Å². The van der Waals surface area contributed by atoms with E-state index in [9.17, 15) is 4.79 Å². The number of carboxylic acids is 1. The molecule has 2 rings (SSSR count). The Balaban J connectivity index is 2.06. The van der Waals surface area contributed by atoms with Crippen LogP contribution >= 0.6 is 23.1 Å². The van der Waals surface area contributed by atoms with Gasteiger partial charge in [-0.1, -0.05) is 11.8 Å². The van der Waals surface area contributed by atoms with Gasteiger partial charge in [0.1, 0.15) is 0 Å². The first kappa shape index (κ1) is 13.8. The number of hydrogen-bond acceptors (Lipinski definition) is 7. The van der Waals surface area contributed by atoms with E-state index in [1.165, 1.54) is 0 Å². The number of thioether (sulfide) groups is 1. The molecule has 0 saturated heterocycles. The molecule has 0 saturated carbocycles. The van der Waals surface area contributed by atoms with Gasteiger partial charge in [0.25, 0.3) is 0 Å². The standard InChI is InChI=1S/C10H13N5O2S2/c1-14(3-7-4-18-6-11-7)9-12-13-10(15(9)2)19-5-8(16)17/h4,6H,3,5H2,1-2H3,(H,16,17). The molecule has 0 aromatic carbocycles. The third-order valence-corrected chi connectivity index (χ3v) is 4.00. The Morgan fingerprint density at radius 3 is 3.00 bits per heavy atom. The smallest absolute Gasteiger partial charge is 0.313 e. The molecule has 2 aromatic heterocycles. The van der Waals surface area contributed by atoms with Gasteiger partial charge >= 0.3 is 5.97 Å². The molecule has 2 aromatic rings. The highest BCUT2D eigenvalue weighted by molar-refractivity contribution is 7.99. The highest BCUT2D eigenvalue weighted by atomic mass is 32.2.